The molecule has 2 aromatic carbocycles. The molecule has 0 aliphatic rings. The van der Waals surface area contributed by atoms with E-state index in [0.717, 1.165) is 18.2 Å². The molecule has 0 aliphatic carbocycles. The molecule has 9 heteroatoms. The van der Waals surface area contributed by atoms with Gasteiger partial charge < -0.3 is 0 Å². The SMILES string of the molecule is O=S(=O)(Nc1ccc(F)c(I)c1F)c1cc(F)ccc1F. The molecule has 0 spiro atoms. The number of halogens is 5. The third kappa shape index (κ3) is 3.28. The smallest absolute Gasteiger partial charge is 0.265 e. The highest BCUT2D eigenvalue weighted by Crippen LogP contribution is 2.26. The summed E-state index contributed by atoms with van der Waals surface area (Å²) >= 11 is 1.35. The summed E-state index contributed by atoms with van der Waals surface area (Å²) in [7, 11) is -4.55. The minimum atomic E-state index is -4.55. The Hall–Kier alpha value is -1.36. The van der Waals surface area contributed by atoms with E-state index in [-0.39, 0.29) is 0 Å². The summed E-state index contributed by atoms with van der Waals surface area (Å²) in [6, 6.07) is 3.54. The van der Waals surface area contributed by atoms with Crippen LogP contribution in [0.25, 0.3) is 0 Å². The Bertz CT molecular complexity index is 811. The van der Waals surface area contributed by atoms with Crippen molar-refractivity contribution in [3.8, 4) is 0 Å². The molecule has 0 heterocycles. The van der Waals surface area contributed by atoms with E-state index >= 15 is 0 Å². The van der Waals surface area contributed by atoms with Crippen LogP contribution in [0.2, 0.25) is 0 Å². The van der Waals surface area contributed by atoms with Crippen molar-refractivity contribution in [2.24, 2.45) is 0 Å². The Labute approximate surface area is 131 Å². The molecule has 112 valence electrons. The Morgan fingerprint density at radius 3 is 2.24 bits per heavy atom. The molecule has 0 unspecified atom stereocenters. The van der Waals surface area contributed by atoms with Gasteiger partial charge >= 0.3 is 0 Å². The average Bonchev–Trinajstić information content (AvgIpc) is 2.42. The second-order valence-corrected chi connectivity index (χ2v) is 6.63. The highest BCUT2D eigenvalue weighted by molar-refractivity contribution is 14.1. The maximum atomic E-state index is 13.7. The average molecular weight is 431 g/mol. The predicted molar refractivity (Wildman–Crippen MR) is 76.2 cm³/mol. The molecule has 2 aromatic rings. The lowest BCUT2D eigenvalue weighted by molar-refractivity contribution is 0.554. The fourth-order valence-corrected chi connectivity index (χ4v) is 3.11. The van der Waals surface area contributed by atoms with E-state index < -0.39 is 47.4 Å². The van der Waals surface area contributed by atoms with Gasteiger partial charge in [0.25, 0.3) is 10.0 Å². The van der Waals surface area contributed by atoms with Gasteiger partial charge in [-0.15, -0.1) is 0 Å². The van der Waals surface area contributed by atoms with Gasteiger partial charge in [-0.1, -0.05) is 0 Å². The molecule has 0 bridgehead atoms. The van der Waals surface area contributed by atoms with Crippen LogP contribution in [0.1, 0.15) is 0 Å². The molecule has 1 N–H and O–H groups in total. The van der Waals surface area contributed by atoms with Gasteiger partial charge in [-0.2, -0.15) is 0 Å². The molecule has 0 atom stereocenters. The summed E-state index contributed by atoms with van der Waals surface area (Å²) in [5.74, 6) is -4.17. The number of sulfonamides is 1. The number of nitrogens with one attached hydrogen (secondary N) is 1. The van der Waals surface area contributed by atoms with E-state index in [2.05, 4.69) is 0 Å². The van der Waals surface area contributed by atoms with Crippen molar-refractivity contribution in [3.63, 3.8) is 0 Å². The van der Waals surface area contributed by atoms with Crippen molar-refractivity contribution in [2.75, 3.05) is 4.72 Å². The standard InChI is InChI=1S/C12H6F4INO2S/c13-6-1-2-7(14)10(5-6)21(19,20)18-9-4-3-8(15)12(17)11(9)16/h1-5,18H. The second kappa shape index (κ2) is 5.79. The summed E-state index contributed by atoms with van der Waals surface area (Å²) < 4.78 is 78.6. The topological polar surface area (TPSA) is 46.2 Å². The van der Waals surface area contributed by atoms with Crippen LogP contribution in [0, 0.1) is 26.8 Å². The largest absolute Gasteiger partial charge is 0.277 e. The monoisotopic (exact) mass is 431 g/mol. The molecule has 21 heavy (non-hydrogen) atoms. The molecule has 0 saturated heterocycles. The van der Waals surface area contributed by atoms with Crippen LogP contribution in [0.5, 0.6) is 0 Å². The van der Waals surface area contributed by atoms with Crippen molar-refractivity contribution in [2.45, 2.75) is 4.90 Å². The third-order valence-corrected chi connectivity index (χ3v) is 4.83. The predicted octanol–water partition coefficient (Wildman–Crippen LogP) is 3.65. The van der Waals surface area contributed by atoms with Crippen LogP contribution in [0.4, 0.5) is 23.2 Å². The van der Waals surface area contributed by atoms with Gasteiger partial charge in [-0.3, -0.25) is 4.72 Å². The maximum Gasteiger partial charge on any atom is 0.265 e. The summed E-state index contributed by atoms with van der Waals surface area (Å²) in [4.78, 5) is -0.971. The van der Waals surface area contributed by atoms with Gasteiger partial charge in [-0.05, 0) is 52.9 Å². The zero-order valence-electron chi connectivity index (χ0n) is 10.0. The first-order chi connectivity index (χ1) is 9.72. The number of benzene rings is 2. The van der Waals surface area contributed by atoms with Crippen molar-refractivity contribution >= 4 is 38.3 Å². The zero-order valence-corrected chi connectivity index (χ0v) is 13.0. The van der Waals surface area contributed by atoms with E-state index in [4.69, 9.17) is 0 Å². The minimum Gasteiger partial charge on any atom is -0.277 e. The van der Waals surface area contributed by atoms with Crippen LogP contribution in [0.15, 0.2) is 35.2 Å². The first kappa shape index (κ1) is 16.0. The van der Waals surface area contributed by atoms with Crippen molar-refractivity contribution in [1.82, 2.24) is 0 Å². The van der Waals surface area contributed by atoms with Crippen LogP contribution >= 0.6 is 22.6 Å². The number of hydrogen-bond acceptors (Lipinski definition) is 2. The van der Waals surface area contributed by atoms with Gasteiger partial charge in [0.2, 0.25) is 0 Å². The second-order valence-electron chi connectivity index (χ2n) is 3.90. The van der Waals surface area contributed by atoms with Crippen LogP contribution in [-0.4, -0.2) is 8.42 Å². The van der Waals surface area contributed by atoms with E-state index in [1.807, 2.05) is 0 Å². The molecule has 0 aromatic heterocycles. The molecular weight excluding hydrogens is 425 g/mol. The maximum absolute atomic E-state index is 13.7. The Balaban J connectivity index is 2.47. The highest BCUT2D eigenvalue weighted by Gasteiger charge is 2.22. The van der Waals surface area contributed by atoms with E-state index in [1.54, 1.807) is 4.72 Å². The molecule has 0 aliphatic heterocycles. The lowest BCUT2D eigenvalue weighted by Crippen LogP contribution is -2.16. The van der Waals surface area contributed by atoms with Gasteiger partial charge in [0.15, 0.2) is 5.82 Å². The number of anilines is 1. The van der Waals surface area contributed by atoms with Gasteiger partial charge in [0.1, 0.15) is 22.3 Å². The molecule has 3 nitrogen and oxygen atoms in total. The van der Waals surface area contributed by atoms with Gasteiger partial charge in [0.05, 0.1) is 9.26 Å². The Kier molecular flexibility index (Phi) is 4.42. The van der Waals surface area contributed by atoms with Gasteiger partial charge in [-0.25, -0.2) is 26.0 Å². The van der Waals surface area contributed by atoms with E-state index in [9.17, 15) is 26.0 Å². The van der Waals surface area contributed by atoms with Crippen molar-refractivity contribution in [1.29, 1.82) is 0 Å². The Morgan fingerprint density at radius 1 is 0.952 bits per heavy atom. The summed E-state index contributed by atoms with van der Waals surface area (Å²) in [5.41, 5.74) is -0.565. The fourth-order valence-electron chi connectivity index (χ4n) is 1.49. The first-order valence-electron chi connectivity index (χ1n) is 5.34. The van der Waals surface area contributed by atoms with Gasteiger partial charge in [0, 0.05) is 0 Å². The van der Waals surface area contributed by atoms with E-state index in [0.29, 0.717) is 12.1 Å². The summed E-state index contributed by atoms with van der Waals surface area (Å²) in [5, 5.41) is 0. The minimum absolute atomic E-state index is 0.424. The normalized spacial score (nSPS) is 11.5. The third-order valence-electron chi connectivity index (χ3n) is 2.46. The molecule has 0 saturated carbocycles. The van der Waals surface area contributed by atoms with Crippen LogP contribution < -0.4 is 4.72 Å². The molecular formula is C12H6F4INO2S. The van der Waals surface area contributed by atoms with Crippen LogP contribution in [-0.2, 0) is 10.0 Å². The quantitative estimate of drug-likeness (QED) is 0.459. The summed E-state index contributed by atoms with van der Waals surface area (Å²) in [6.45, 7) is 0. The Morgan fingerprint density at radius 2 is 1.57 bits per heavy atom. The highest BCUT2D eigenvalue weighted by atomic mass is 127. The number of rotatable bonds is 3. The summed E-state index contributed by atoms with van der Waals surface area (Å²) in [6.07, 6.45) is 0. The lowest BCUT2D eigenvalue weighted by Gasteiger charge is -2.10. The van der Waals surface area contributed by atoms with Crippen molar-refractivity contribution < 1.29 is 26.0 Å². The first-order valence-corrected chi connectivity index (χ1v) is 7.90. The lowest BCUT2D eigenvalue weighted by atomic mass is 10.3. The van der Waals surface area contributed by atoms with E-state index in [1.165, 1.54) is 22.6 Å². The molecule has 0 amide bonds. The number of hydrogen-bond donors (Lipinski definition) is 1. The van der Waals surface area contributed by atoms with Crippen LogP contribution in [0.3, 0.4) is 0 Å². The fraction of sp³-hybridized carbons (Fsp3) is 0. The zero-order chi connectivity index (χ0) is 15.8. The molecule has 2 rings (SSSR count). The molecule has 0 fully saturated rings. The molecule has 0 radical (unpaired) electrons. The van der Waals surface area contributed by atoms with Crippen molar-refractivity contribution in [3.05, 3.63) is 57.2 Å².